The summed E-state index contributed by atoms with van der Waals surface area (Å²) in [5.41, 5.74) is 2.49. The quantitative estimate of drug-likeness (QED) is 0.860. The SMILES string of the molecule is Clc1cccc(C[NH2+]Cc2cccnc2)c1. The number of halogens is 1. The van der Waals surface area contributed by atoms with Crippen LogP contribution in [0.15, 0.2) is 48.8 Å². The molecule has 0 fully saturated rings. The van der Waals surface area contributed by atoms with Crippen molar-refractivity contribution >= 4 is 11.6 Å². The molecule has 2 N–H and O–H groups in total. The van der Waals surface area contributed by atoms with Crippen LogP contribution in [0.1, 0.15) is 11.1 Å². The van der Waals surface area contributed by atoms with Gasteiger partial charge >= 0.3 is 0 Å². The highest BCUT2D eigenvalue weighted by Crippen LogP contribution is 2.09. The van der Waals surface area contributed by atoms with E-state index in [2.05, 4.69) is 22.4 Å². The van der Waals surface area contributed by atoms with E-state index in [1.54, 1.807) is 6.20 Å². The lowest BCUT2D eigenvalue weighted by molar-refractivity contribution is -0.686. The number of hydrogen-bond acceptors (Lipinski definition) is 1. The summed E-state index contributed by atoms with van der Waals surface area (Å²) in [5.74, 6) is 0. The van der Waals surface area contributed by atoms with Crippen LogP contribution in [0.2, 0.25) is 5.02 Å². The fourth-order valence-corrected chi connectivity index (χ4v) is 1.80. The minimum absolute atomic E-state index is 0.798. The van der Waals surface area contributed by atoms with Crippen molar-refractivity contribution < 1.29 is 5.32 Å². The Labute approximate surface area is 100 Å². The van der Waals surface area contributed by atoms with Gasteiger partial charge in [-0.2, -0.15) is 0 Å². The highest BCUT2D eigenvalue weighted by Gasteiger charge is 1.98. The largest absolute Gasteiger partial charge is 0.339 e. The Hall–Kier alpha value is -1.38. The molecule has 0 aliphatic rings. The number of nitrogens with two attached hydrogens (primary N) is 1. The van der Waals surface area contributed by atoms with E-state index in [9.17, 15) is 0 Å². The number of nitrogens with zero attached hydrogens (tertiary/aromatic N) is 1. The van der Waals surface area contributed by atoms with Gasteiger partial charge in [0.05, 0.1) is 0 Å². The molecule has 2 rings (SSSR count). The van der Waals surface area contributed by atoms with E-state index in [1.165, 1.54) is 11.1 Å². The van der Waals surface area contributed by atoms with Crippen LogP contribution in [0, 0.1) is 0 Å². The summed E-state index contributed by atoms with van der Waals surface area (Å²) >= 11 is 5.92. The number of hydrogen-bond donors (Lipinski definition) is 1. The average molecular weight is 234 g/mol. The van der Waals surface area contributed by atoms with E-state index < -0.39 is 0 Å². The first-order valence-corrected chi connectivity index (χ1v) is 5.67. The third-order valence-electron chi connectivity index (χ3n) is 2.37. The molecule has 2 aromatic rings. The number of benzene rings is 1. The van der Waals surface area contributed by atoms with E-state index in [0.717, 1.165) is 18.1 Å². The molecule has 2 nitrogen and oxygen atoms in total. The number of pyridine rings is 1. The zero-order valence-corrected chi connectivity index (χ0v) is 9.69. The van der Waals surface area contributed by atoms with Crippen molar-refractivity contribution in [2.24, 2.45) is 0 Å². The monoisotopic (exact) mass is 233 g/mol. The summed E-state index contributed by atoms with van der Waals surface area (Å²) in [6.07, 6.45) is 3.69. The zero-order valence-electron chi connectivity index (χ0n) is 8.94. The van der Waals surface area contributed by atoms with Crippen LogP contribution in [0.3, 0.4) is 0 Å². The molecule has 0 bridgehead atoms. The third kappa shape index (κ3) is 3.33. The Balaban J connectivity index is 1.85. The molecule has 0 amide bonds. The van der Waals surface area contributed by atoms with Gasteiger partial charge in [0.25, 0.3) is 0 Å². The molecule has 1 aromatic heterocycles. The van der Waals surface area contributed by atoms with Gasteiger partial charge in [0.1, 0.15) is 13.1 Å². The first kappa shape index (κ1) is 11.1. The number of quaternary nitrogens is 1. The lowest BCUT2D eigenvalue weighted by Gasteiger charge is -2.02. The van der Waals surface area contributed by atoms with Crippen LogP contribution in [-0.4, -0.2) is 4.98 Å². The number of aromatic nitrogens is 1. The van der Waals surface area contributed by atoms with Gasteiger partial charge in [-0.15, -0.1) is 0 Å². The summed E-state index contributed by atoms with van der Waals surface area (Å²) in [4.78, 5) is 4.08. The lowest BCUT2D eigenvalue weighted by atomic mass is 10.2. The van der Waals surface area contributed by atoms with Crippen molar-refractivity contribution in [3.05, 3.63) is 64.9 Å². The van der Waals surface area contributed by atoms with Crippen LogP contribution < -0.4 is 5.32 Å². The maximum Gasteiger partial charge on any atom is 0.103 e. The molecule has 0 spiro atoms. The summed E-state index contributed by atoms with van der Waals surface area (Å²) in [6.45, 7) is 1.88. The normalized spacial score (nSPS) is 10.3. The Morgan fingerprint density at radius 1 is 1.06 bits per heavy atom. The predicted molar refractivity (Wildman–Crippen MR) is 65.0 cm³/mol. The second-order valence-electron chi connectivity index (χ2n) is 3.69. The number of rotatable bonds is 4. The molecule has 16 heavy (non-hydrogen) atoms. The van der Waals surface area contributed by atoms with Gasteiger partial charge in [-0.1, -0.05) is 29.8 Å². The summed E-state index contributed by atoms with van der Waals surface area (Å²) in [5, 5.41) is 3.04. The first-order chi connectivity index (χ1) is 7.84. The van der Waals surface area contributed by atoms with Crippen molar-refractivity contribution in [1.82, 2.24) is 4.98 Å². The molecule has 0 aliphatic heterocycles. The molecule has 0 saturated carbocycles. The van der Waals surface area contributed by atoms with Gasteiger partial charge in [0.15, 0.2) is 0 Å². The molecule has 0 saturated heterocycles. The molecule has 1 heterocycles. The molecule has 3 heteroatoms. The average Bonchev–Trinajstić information content (AvgIpc) is 2.30. The van der Waals surface area contributed by atoms with Crippen molar-refractivity contribution in [3.63, 3.8) is 0 Å². The molecule has 82 valence electrons. The summed E-state index contributed by atoms with van der Waals surface area (Å²) in [7, 11) is 0. The Bertz CT molecular complexity index is 443. The van der Waals surface area contributed by atoms with Gasteiger partial charge in [-0.05, 0) is 18.2 Å². The fraction of sp³-hybridized carbons (Fsp3) is 0.154. The summed E-state index contributed by atoms with van der Waals surface area (Å²) in [6, 6.07) is 12.0. The molecule has 0 radical (unpaired) electrons. The van der Waals surface area contributed by atoms with Crippen LogP contribution in [0.5, 0.6) is 0 Å². The highest BCUT2D eigenvalue weighted by atomic mass is 35.5. The molecular weight excluding hydrogens is 220 g/mol. The van der Waals surface area contributed by atoms with Gasteiger partial charge in [-0.3, -0.25) is 4.98 Å². The van der Waals surface area contributed by atoms with E-state index in [4.69, 9.17) is 11.6 Å². The van der Waals surface area contributed by atoms with Crippen molar-refractivity contribution in [2.75, 3.05) is 0 Å². The van der Waals surface area contributed by atoms with Crippen LogP contribution in [-0.2, 0) is 13.1 Å². The standard InChI is InChI=1S/C13H13ClN2/c14-13-5-1-3-11(7-13)8-16-10-12-4-2-6-15-9-12/h1-7,9,16H,8,10H2/p+1. The molecular formula is C13H14ClN2+. The van der Waals surface area contributed by atoms with E-state index in [0.29, 0.717) is 0 Å². The van der Waals surface area contributed by atoms with Gasteiger partial charge in [0.2, 0.25) is 0 Å². The smallest absolute Gasteiger partial charge is 0.103 e. The van der Waals surface area contributed by atoms with Crippen LogP contribution >= 0.6 is 11.6 Å². The second-order valence-corrected chi connectivity index (χ2v) is 4.12. The van der Waals surface area contributed by atoms with Gasteiger partial charge in [0, 0.05) is 28.5 Å². The van der Waals surface area contributed by atoms with Crippen molar-refractivity contribution in [3.8, 4) is 0 Å². The Kier molecular flexibility index (Phi) is 3.91. The molecule has 0 unspecified atom stereocenters. The van der Waals surface area contributed by atoms with Crippen molar-refractivity contribution in [1.29, 1.82) is 0 Å². The third-order valence-corrected chi connectivity index (χ3v) is 2.61. The zero-order chi connectivity index (χ0) is 11.2. The lowest BCUT2D eigenvalue weighted by Crippen LogP contribution is -2.80. The van der Waals surface area contributed by atoms with Crippen LogP contribution in [0.25, 0.3) is 0 Å². The minimum atomic E-state index is 0.798. The highest BCUT2D eigenvalue weighted by molar-refractivity contribution is 6.30. The fourth-order valence-electron chi connectivity index (χ4n) is 1.59. The molecule has 0 aliphatic carbocycles. The Morgan fingerprint density at radius 2 is 1.88 bits per heavy atom. The van der Waals surface area contributed by atoms with Gasteiger partial charge in [-0.25, -0.2) is 0 Å². The molecule has 0 atom stereocenters. The van der Waals surface area contributed by atoms with E-state index >= 15 is 0 Å². The predicted octanol–water partition coefficient (Wildman–Crippen LogP) is 2.00. The van der Waals surface area contributed by atoms with E-state index in [1.807, 2.05) is 30.5 Å². The first-order valence-electron chi connectivity index (χ1n) is 5.29. The van der Waals surface area contributed by atoms with Crippen LogP contribution in [0.4, 0.5) is 0 Å². The van der Waals surface area contributed by atoms with Gasteiger partial charge < -0.3 is 5.32 Å². The maximum absolute atomic E-state index is 5.92. The maximum atomic E-state index is 5.92. The molecule has 1 aromatic carbocycles. The minimum Gasteiger partial charge on any atom is -0.339 e. The second kappa shape index (κ2) is 5.64. The summed E-state index contributed by atoms with van der Waals surface area (Å²) < 4.78 is 0. The Morgan fingerprint density at radius 3 is 2.62 bits per heavy atom. The van der Waals surface area contributed by atoms with Crippen molar-refractivity contribution in [2.45, 2.75) is 13.1 Å². The van der Waals surface area contributed by atoms with E-state index in [-0.39, 0.29) is 0 Å². The topological polar surface area (TPSA) is 29.5 Å².